The summed E-state index contributed by atoms with van der Waals surface area (Å²) in [7, 11) is 0. The Kier molecular flexibility index (Phi) is 6.97. The molecule has 0 N–H and O–H groups in total. The molecule has 1 aromatic carbocycles. The highest BCUT2D eigenvalue weighted by atomic mass is 16.5. The fourth-order valence-corrected chi connectivity index (χ4v) is 4.56. The van der Waals surface area contributed by atoms with Gasteiger partial charge in [-0.3, -0.25) is 9.59 Å². The lowest BCUT2D eigenvalue weighted by Crippen LogP contribution is -2.46. The van der Waals surface area contributed by atoms with Crippen molar-refractivity contribution in [1.29, 1.82) is 0 Å². The van der Waals surface area contributed by atoms with E-state index in [1.807, 2.05) is 54.3 Å². The minimum atomic E-state index is -0.234. The first-order valence-corrected chi connectivity index (χ1v) is 11.3. The van der Waals surface area contributed by atoms with Crippen LogP contribution in [-0.2, 0) is 16.1 Å². The molecule has 2 heterocycles. The third-order valence-electron chi connectivity index (χ3n) is 6.21. The zero-order chi connectivity index (χ0) is 21.6. The maximum atomic E-state index is 13.2. The number of carbonyl (C=O) groups excluding carboxylic acids is 2. The van der Waals surface area contributed by atoms with E-state index in [9.17, 15) is 9.59 Å². The topological polar surface area (TPSA) is 62.7 Å². The van der Waals surface area contributed by atoms with Crippen LogP contribution in [0.5, 0.6) is 0 Å². The number of nitrogens with zero attached hydrogens (tertiary/aromatic N) is 3. The van der Waals surface area contributed by atoms with E-state index in [-0.39, 0.29) is 30.5 Å². The molecule has 2 aliphatic rings. The summed E-state index contributed by atoms with van der Waals surface area (Å²) in [5, 5.41) is 0. The van der Waals surface area contributed by atoms with Gasteiger partial charge in [-0.1, -0.05) is 55.7 Å². The number of benzene rings is 1. The summed E-state index contributed by atoms with van der Waals surface area (Å²) in [6.07, 6.45) is 5.37. The number of hydrogen-bond acceptors (Lipinski definition) is 4. The second-order valence-electron chi connectivity index (χ2n) is 8.61. The lowest BCUT2D eigenvalue weighted by molar-refractivity contribution is -0.134. The normalized spacial score (nSPS) is 20.5. The van der Waals surface area contributed by atoms with Gasteiger partial charge in [0, 0.05) is 24.8 Å². The van der Waals surface area contributed by atoms with Crippen molar-refractivity contribution in [3.8, 4) is 0 Å². The van der Waals surface area contributed by atoms with Crippen LogP contribution in [-0.4, -0.2) is 58.4 Å². The summed E-state index contributed by atoms with van der Waals surface area (Å²) in [5.74, 6) is -0.199. The van der Waals surface area contributed by atoms with Gasteiger partial charge in [0.05, 0.1) is 12.7 Å². The van der Waals surface area contributed by atoms with E-state index >= 15 is 0 Å². The molecule has 1 saturated carbocycles. The summed E-state index contributed by atoms with van der Waals surface area (Å²) in [6.45, 7) is 3.32. The Morgan fingerprint density at radius 3 is 2.55 bits per heavy atom. The van der Waals surface area contributed by atoms with E-state index in [2.05, 4.69) is 4.98 Å². The first-order chi connectivity index (χ1) is 15.1. The molecule has 2 aromatic rings. The Balaban J connectivity index is 1.53. The van der Waals surface area contributed by atoms with Crippen LogP contribution in [0.1, 0.15) is 53.8 Å². The van der Waals surface area contributed by atoms with Crippen molar-refractivity contribution in [2.24, 2.45) is 0 Å². The van der Waals surface area contributed by atoms with Crippen LogP contribution in [0.2, 0.25) is 0 Å². The molecule has 6 nitrogen and oxygen atoms in total. The molecule has 1 unspecified atom stereocenters. The van der Waals surface area contributed by atoms with Gasteiger partial charge in [0.2, 0.25) is 5.91 Å². The highest BCUT2D eigenvalue weighted by Gasteiger charge is 2.35. The molecule has 1 aromatic heterocycles. The molecule has 0 radical (unpaired) electrons. The fourth-order valence-electron chi connectivity index (χ4n) is 4.56. The van der Waals surface area contributed by atoms with Crippen molar-refractivity contribution in [3.05, 3.63) is 65.5 Å². The Morgan fingerprint density at radius 1 is 1.03 bits per heavy atom. The lowest BCUT2D eigenvalue weighted by Gasteiger charge is -2.34. The van der Waals surface area contributed by atoms with Crippen molar-refractivity contribution < 1.29 is 14.3 Å². The summed E-state index contributed by atoms with van der Waals surface area (Å²) < 4.78 is 6.25. The number of pyridine rings is 1. The number of rotatable bonds is 5. The Morgan fingerprint density at radius 2 is 1.81 bits per heavy atom. The monoisotopic (exact) mass is 421 g/mol. The Bertz CT molecular complexity index is 896. The van der Waals surface area contributed by atoms with E-state index in [1.165, 1.54) is 6.42 Å². The van der Waals surface area contributed by atoms with Crippen LogP contribution >= 0.6 is 0 Å². The quantitative estimate of drug-likeness (QED) is 0.740. The van der Waals surface area contributed by atoms with Crippen LogP contribution in [0, 0.1) is 6.92 Å². The molecule has 1 saturated heterocycles. The summed E-state index contributed by atoms with van der Waals surface area (Å²) in [5.41, 5.74) is 2.24. The molecule has 2 amide bonds. The number of aryl methyl sites for hydroxylation is 1. The minimum absolute atomic E-state index is 0.0127. The van der Waals surface area contributed by atoms with E-state index < -0.39 is 0 Å². The molecule has 1 aliphatic carbocycles. The maximum absolute atomic E-state index is 13.2. The molecule has 164 valence electrons. The number of ether oxygens (including phenoxy) is 1. The standard InChI is InChI=1S/C25H31N3O3/c1-19-9-8-14-23(26-19)25(30)27-15-22(31-18-20-10-4-2-5-11-20)16-28(24(29)17-27)21-12-6-3-7-13-21/h2,4-5,8-11,14,21-22H,3,6-7,12-13,15-18H2,1H3. The molecule has 4 rings (SSSR count). The average molecular weight is 422 g/mol. The minimum Gasteiger partial charge on any atom is -0.370 e. The van der Waals surface area contributed by atoms with E-state index in [4.69, 9.17) is 4.74 Å². The fraction of sp³-hybridized carbons (Fsp3) is 0.480. The Labute approximate surface area is 184 Å². The third-order valence-corrected chi connectivity index (χ3v) is 6.21. The average Bonchev–Trinajstić information content (AvgIpc) is 2.97. The lowest BCUT2D eigenvalue weighted by atomic mass is 9.94. The molecule has 31 heavy (non-hydrogen) atoms. The highest BCUT2D eigenvalue weighted by Crippen LogP contribution is 2.25. The predicted octanol–water partition coefficient (Wildman–Crippen LogP) is 3.59. The van der Waals surface area contributed by atoms with Gasteiger partial charge in [-0.2, -0.15) is 0 Å². The molecule has 6 heteroatoms. The van der Waals surface area contributed by atoms with Crippen molar-refractivity contribution in [2.75, 3.05) is 19.6 Å². The summed E-state index contributed by atoms with van der Waals surface area (Å²) in [4.78, 5) is 34.4. The number of amides is 2. The van der Waals surface area contributed by atoms with Crippen LogP contribution in [0.4, 0.5) is 0 Å². The van der Waals surface area contributed by atoms with Crippen LogP contribution < -0.4 is 0 Å². The van der Waals surface area contributed by atoms with Gasteiger partial charge < -0.3 is 14.5 Å². The van der Waals surface area contributed by atoms with E-state index in [0.717, 1.165) is 36.9 Å². The summed E-state index contributed by atoms with van der Waals surface area (Å²) in [6, 6.07) is 15.7. The SMILES string of the molecule is Cc1cccc(C(=O)N2CC(=O)N(C3CCCCC3)CC(OCc3ccccc3)C2)n1. The van der Waals surface area contributed by atoms with Crippen molar-refractivity contribution in [3.63, 3.8) is 0 Å². The molecule has 0 bridgehead atoms. The number of carbonyl (C=O) groups is 2. The van der Waals surface area contributed by atoms with Crippen molar-refractivity contribution in [1.82, 2.24) is 14.8 Å². The van der Waals surface area contributed by atoms with E-state index in [1.54, 1.807) is 11.0 Å². The number of aromatic nitrogens is 1. The molecule has 1 aliphatic heterocycles. The predicted molar refractivity (Wildman–Crippen MR) is 118 cm³/mol. The van der Waals surface area contributed by atoms with Gasteiger partial charge >= 0.3 is 0 Å². The smallest absolute Gasteiger partial charge is 0.273 e. The zero-order valence-corrected chi connectivity index (χ0v) is 18.2. The third kappa shape index (κ3) is 5.50. The Hall–Kier alpha value is -2.73. The second kappa shape index (κ2) is 10.1. The van der Waals surface area contributed by atoms with Gasteiger partial charge in [-0.15, -0.1) is 0 Å². The molecular formula is C25H31N3O3. The largest absolute Gasteiger partial charge is 0.370 e. The number of hydrogen-bond donors (Lipinski definition) is 0. The van der Waals surface area contributed by atoms with Crippen molar-refractivity contribution >= 4 is 11.8 Å². The van der Waals surface area contributed by atoms with Gasteiger partial charge in [0.15, 0.2) is 0 Å². The van der Waals surface area contributed by atoms with Gasteiger partial charge in [0.25, 0.3) is 5.91 Å². The molecule has 0 spiro atoms. The maximum Gasteiger partial charge on any atom is 0.273 e. The summed E-state index contributed by atoms with van der Waals surface area (Å²) >= 11 is 0. The van der Waals surface area contributed by atoms with Gasteiger partial charge in [0.1, 0.15) is 12.2 Å². The van der Waals surface area contributed by atoms with Crippen LogP contribution in [0.25, 0.3) is 0 Å². The highest BCUT2D eigenvalue weighted by molar-refractivity contribution is 5.95. The molecular weight excluding hydrogens is 390 g/mol. The van der Waals surface area contributed by atoms with Gasteiger partial charge in [-0.05, 0) is 37.5 Å². The molecule has 2 fully saturated rings. The van der Waals surface area contributed by atoms with Crippen LogP contribution in [0.3, 0.4) is 0 Å². The first kappa shape index (κ1) is 21.5. The second-order valence-corrected chi connectivity index (χ2v) is 8.61. The van der Waals surface area contributed by atoms with Crippen molar-refractivity contribution in [2.45, 2.75) is 57.8 Å². The zero-order valence-electron chi connectivity index (χ0n) is 18.2. The van der Waals surface area contributed by atoms with Crippen LogP contribution in [0.15, 0.2) is 48.5 Å². The molecule has 1 atom stereocenters. The van der Waals surface area contributed by atoms with E-state index in [0.29, 0.717) is 25.4 Å². The van der Waals surface area contributed by atoms with Gasteiger partial charge in [-0.25, -0.2) is 4.98 Å². The first-order valence-electron chi connectivity index (χ1n) is 11.3.